The molecule has 6 nitrogen and oxygen atoms in total. The molecule has 1 aliphatic heterocycles. The van der Waals surface area contributed by atoms with Crippen LogP contribution in [0, 0.1) is 0 Å². The molecule has 0 atom stereocenters. The number of benzene rings is 1. The maximum Gasteiger partial charge on any atom is 0.102 e. The minimum Gasteiger partial charge on any atom is -0.320 e. The van der Waals surface area contributed by atoms with Gasteiger partial charge >= 0.3 is 0 Å². The van der Waals surface area contributed by atoms with Crippen molar-refractivity contribution in [2.75, 3.05) is 13.1 Å². The summed E-state index contributed by atoms with van der Waals surface area (Å²) in [7, 11) is 0. The van der Waals surface area contributed by atoms with Crippen LogP contribution in [0.3, 0.4) is 0 Å². The van der Waals surface area contributed by atoms with Gasteiger partial charge in [-0.25, -0.2) is 4.68 Å². The van der Waals surface area contributed by atoms with E-state index in [1.54, 1.807) is 0 Å². The van der Waals surface area contributed by atoms with Crippen molar-refractivity contribution in [1.82, 2.24) is 24.9 Å². The van der Waals surface area contributed by atoms with Gasteiger partial charge in [0.25, 0.3) is 0 Å². The lowest BCUT2D eigenvalue weighted by atomic mass is 10.0. The number of fused-ring (bicyclic) bond motifs is 1. The molecule has 1 fully saturated rings. The quantitative estimate of drug-likeness (QED) is 0.783. The van der Waals surface area contributed by atoms with Crippen molar-refractivity contribution < 1.29 is 0 Å². The third-order valence-corrected chi connectivity index (χ3v) is 5.23. The zero-order chi connectivity index (χ0) is 18.1. The summed E-state index contributed by atoms with van der Waals surface area (Å²) in [6, 6.07) is 10.9. The minimum atomic E-state index is -0.443. The Bertz CT molecular complexity index is 881. The Labute approximate surface area is 154 Å². The van der Waals surface area contributed by atoms with Crippen LogP contribution in [-0.4, -0.2) is 38.0 Å². The topological polar surface area (TPSA) is 72.9 Å². The average Bonchev–Trinajstić information content (AvgIpc) is 3.13. The molecule has 0 unspecified atom stereocenters. The lowest BCUT2D eigenvalue weighted by Gasteiger charge is -2.32. The Morgan fingerprint density at radius 3 is 2.65 bits per heavy atom. The van der Waals surface area contributed by atoms with Crippen molar-refractivity contribution in [3.63, 3.8) is 0 Å². The van der Waals surface area contributed by atoms with Crippen LogP contribution in [0.5, 0.6) is 0 Å². The van der Waals surface area contributed by atoms with E-state index < -0.39 is 5.54 Å². The number of likely N-dealkylation sites (tertiary alicyclic amines) is 1. The summed E-state index contributed by atoms with van der Waals surface area (Å²) in [5, 5.41) is 9.82. The zero-order valence-corrected chi connectivity index (χ0v) is 15.5. The molecule has 0 saturated carbocycles. The number of para-hydroxylation sites is 1. The summed E-state index contributed by atoms with van der Waals surface area (Å²) in [6.45, 7) is 7.01. The van der Waals surface area contributed by atoms with Crippen LogP contribution in [0.4, 0.5) is 0 Å². The van der Waals surface area contributed by atoms with E-state index in [1.165, 1.54) is 10.9 Å². The highest BCUT2D eigenvalue weighted by Gasteiger charge is 2.24. The van der Waals surface area contributed by atoms with E-state index in [4.69, 9.17) is 5.73 Å². The first-order valence-corrected chi connectivity index (χ1v) is 9.27. The van der Waals surface area contributed by atoms with Gasteiger partial charge in [0.2, 0.25) is 0 Å². The smallest absolute Gasteiger partial charge is 0.102 e. The van der Waals surface area contributed by atoms with Crippen molar-refractivity contribution in [1.29, 1.82) is 0 Å². The first-order valence-electron chi connectivity index (χ1n) is 9.27. The monoisotopic (exact) mass is 350 g/mol. The molecule has 2 aromatic heterocycles. The zero-order valence-electron chi connectivity index (χ0n) is 15.5. The maximum atomic E-state index is 6.12. The van der Waals surface area contributed by atoms with E-state index in [9.17, 15) is 0 Å². The summed E-state index contributed by atoms with van der Waals surface area (Å²) in [6.07, 6.45) is 6.08. The molecule has 3 aromatic rings. The molecule has 3 heterocycles. The van der Waals surface area contributed by atoms with Gasteiger partial charge in [-0.05, 0) is 44.4 Å². The Kier molecular flexibility index (Phi) is 4.46. The fraction of sp³-hybridized carbons (Fsp3) is 0.450. The van der Waals surface area contributed by atoms with Gasteiger partial charge in [0.1, 0.15) is 5.69 Å². The molecule has 0 aliphatic carbocycles. The highest BCUT2D eigenvalue weighted by atomic mass is 15.4. The first-order chi connectivity index (χ1) is 12.5. The molecule has 0 radical (unpaired) electrons. The Morgan fingerprint density at radius 1 is 1.15 bits per heavy atom. The molecular weight excluding hydrogens is 324 g/mol. The second-order valence-corrected chi connectivity index (χ2v) is 7.80. The van der Waals surface area contributed by atoms with E-state index in [0.29, 0.717) is 6.04 Å². The van der Waals surface area contributed by atoms with Crippen LogP contribution in [-0.2, 0) is 12.1 Å². The number of nitrogens with zero attached hydrogens (tertiary/aromatic N) is 5. The summed E-state index contributed by atoms with van der Waals surface area (Å²) >= 11 is 0. The second-order valence-electron chi connectivity index (χ2n) is 7.80. The molecule has 0 bridgehead atoms. The molecule has 26 heavy (non-hydrogen) atoms. The average molecular weight is 350 g/mol. The van der Waals surface area contributed by atoms with Crippen molar-refractivity contribution in [2.24, 2.45) is 5.73 Å². The number of piperidine rings is 1. The van der Waals surface area contributed by atoms with Crippen LogP contribution in [0.15, 0.2) is 42.7 Å². The third-order valence-electron chi connectivity index (χ3n) is 5.23. The maximum absolute atomic E-state index is 6.12. The number of hydrogen-bond acceptors (Lipinski definition) is 5. The van der Waals surface area contributed by atoms with Crippen molar-refractivity contribution in [3.05, 3.63) is 54.0 Å². The van der Waals surface area contributed by atoms with Gasteiger partial charge < -0.3 is 5.73 Å². The van der Waals surface area contributed by atoms with Gasteiger partial charge in [-0.3, -0.25) is 9.88 Å². The van der Waals surface area contributed by atoms with Gasteiger partial charge in [-0.1, -0.05) is 23.4 Å². The summed E-state index contributed by atoms with van der Waals surface area (Å²) in [4.78, 5) is 6.98. The summed E-state index contributed by atoms with van der Waals surface area (Å²) in [5.41, 5.74) is 8.95. The Morgan fingerprint density at radius 2 is 1.92 bits per heavy atom. The van der Waals surface area contributed by atoms with Crippen LogP contribution < -0.4 is 5.73 Å². The van der Waals surface area contributed by atoms with Gasteiger partial charge in [0, 0.05) is 31.2 Å². The lowest BCUT2D eigenvalue weighted by Crippen LogP contribution is -2.34. The highest BCUT2D eigenvalue weighted by Crippen LogP contribution is 2.25. The highest BCUT2D eigenvalue weighted by molar-refractivity contribution is 5.81. The predicted octanol–water partition coefficient (Wildman–Crippen LogP) is 2.86. The number of rotatable bonds is 4. The SMILES string of the molecule is CC(C)(N)c1cn(C2CCN(Cc3ccnc4ccccc34)CC2)nn1. The Balaban J connectivity index is 1.41. The summed E-state index contributed by atoms with van der Waals surface area (Å²) in [5.74, 6) is 0. The van der Waals surface area contributed by atoms with Crippen molar-refractivity contribution in [2.45, 2.75) is 44.8 Å². The molecule has 1 aliphatic rings. The fourth-order valence-corrected chi connectivity index (χ4v) is 3.63. The molecule has 4 rings (SSSR count). The predicted molar refractivity (Wildman–Crippen MR) is 103 cm³/mol. The van der Waals surface area contributed by atoms with Gasteiger partial charge in [0.15, 0.2) is 0 Å². The lowest BCUT2D eigenvalue weighted by molar-refractivity contribution is 0.172. The van der Waals surface area contributed by atoms with Crippen LogP contribution in [0.25, 0.3) is 10.9 Å². The minimum absolute atomic E-state index is 0.407. The van der Waals surface area contributed by atoms with Crippen molar-refractivity contribution in [3.8, 4) is 0 Å². The second kappa shape index (κ2) is 6.78. The number of nitrogens with two attached hydrogens (primary N) is 1. The molecule has 0 spiro atoms. The van der Waals surface area contributed by atoms with E-state index in [0.717, 1.165) is 43.7 Å². The van der Waals surface area contributed by atoms with E-state index in [-0.39, 0.29) is 0 Å². The van der Waals surface area contributed by atoms with E-state index in [1.807, 2.05) is 37.0 Å². The molecule has 1 aromatic carbocycles. The summed E-state index contributed by atoms with van der Waals surface area (Å²) < 4.78 is 2.00. The largest absolute Gasteiger partial charge is 0.320 e. The van der Waals surface area contributed by atoms with Gasteiger partial charge in [-0.2, -0.15) is 0 Å². The third kappa shape index (κ3) is 3.48. The Hall–Kier alpha value is -2.31. The van der Waals surface area contributed by atoms with E-state index >= 15 is 0 Å². The molecule has 136 valence electrons. The van der Waals surface area contributed by atoms with Gasteiger partial charge in [-0.15, -0.1) is 5.10 Å². The van der Waals surface area contributed by atoms with Crippen LogP contribution in [0.1, 0.15) is 44.0 Å². The molecule has 1 saturated heterocycles. The first kappa shape index (κ1) is 17.1. The normalized spacial score (nSPS) is 17.0. The van der Waals surface area contributed by atoms with Crippen LogP contribution >= 0.6 is 0 Å². The van der Waals surface area contributed by atoms with E-state index in [2.05, 4.69) is 44.5 Å². The number of pyridine rings is 1. The number of aromatic nitrogens is 4. The fourth-order valence-electron chi connectivity index (χ4n) is 3.63. The molecular formula is C20H26N6. The van der Waals surface area contributed by atoms with Crippen molar-refractivity contribution >= 4 is 10.9 Å². The van der Waals surface area contributed by atoms with Crippen LogP contribution in [0.2, 0.25) is 0 Å². The molecule has 2 N–H and O–H groups in total. The van der Waals surface area contributed by atoms with Gasteiger partial charge in [0.05, 0.1) is 23.3 Å². The molecule has 0 amide bonds. The molecule has 6 heteroatoms. The number of hydrogen-bond donors (Lipinski definition) is 1. The standard InChI is InChI=1S/C20H26N6/c1-20(2,21)19-14-26(24-23-19)16-8-11-25(12-9-16)13-15-7-10-22-18-6-4-3-5-17(15)18/h3-7,10,14,16H,8-9,11-13,21H2,1-2H3.